The Kier molecular flexibility index (Phi) is 7.11. The Labute approximate surface area is 185 Å². The molecule has 2 aromatic carbocycles. The highest BCUT2D eigenvalue weighted by atomic mass is 16.2. The fourth-order valence-electron chi connectivity index (χ4n) is 4.12. The summed E-state index contributed by atoms with van der Waals surface area (Å²) >= 11 is 0. The molecule has 0 heterocycles. The molecule has 31 heavy (non-hydrogen) atoms. The molecule has 0 saturated carbocycles. The van der Waals surface area contributed by atoms with E-state index in [2.05, 4.69) is 54.8 Å². The number of nitrogens with one attached hydrogen (secondary N) is 2. The summed E-state index contributed by atoms with van der Waals surface area (Å²) in [6.07, 6.45) is 4.38. The van der Waals surface area contributed by atoms with Crippen molar-refractivity contribution in [1.82, 2.24) is 5.32 Å². The van der Waals surface area contributed by atoms with Crippen LogP contribution in [0.2, 0.25) is 0 Å². The maximum Gasteiger partial charge on any atom is 0.251 e. The molecule has 1 aliphatic carbocycles. The quantitative estimate of drug-likeness (QED) is 0.603. The largest absolute Gasteiger partial charge is 0.388 e. The van der Waals surface area contributed by atoms with E-state index in [0.29, 0.717) is 5.56 Å². The first-order valence-corrected chi connectivity index (χ1v) is 10.9. The number of aryl methyl sites for hydroxylation is 1. The van der Waals surface area contributed by atoms with Gasteiger partial charge in [-0.25, -0.2) is 0 Å². The van der Waals surface area contributed by atoms with E-state index in [9.17, 15) is 9.59 Å². The van der Waals surface area contributed by atoms with Gasteiger partial charge in [-0.1, -0.05) is 54.3 Å². The Morgan fingerprint density at radius 2 is 1.74 bits per heavy atom. The van der Waals surface area contributed by atoms with Gasteiger partial charge >= 0.3 is 0 Å². The molecule has 0 atom stereocenters. The lowest BCUT2D eigenvalue weighted by atomic mass is 9.88. The lowest BCUT2D eigenvalue weighted by Gasteiger charge is -2.19. The topological polar surface area (TPSA) is 58.2 Å². The fourth-order valence-corrected chi connectivity index (χ4v) is 4.12. The molecular weight excluding hydrogens is 384 g/mol. The van der Waals surface area contributed by atoms with Crippen LogP contribution in [0.25, 0.3) is 11.1 Å². The van der Waals surface area contributed by atoms with Crippen LogP contribution in [-0.2, 0) is 4.79 Å². The number of carbonyl (C=O) groups excluding carboxylic acids is 2. The number of ketones is 1. The summed E-state index contributed by atoms with van der Waals surface area (Å²) in [4.78, 5) is 25.7. The van der Waals surface area contributed by atoms with Crippen LogP contribution in [0.5, 0.6) is 0 Å². The summed E-state index contributed by atoms with van der Waals surface area (Å²) < 4.78 is 0. The Morgan fingerprint density at radius 1 is 1.03 bits per heavy atom. The Hall–Kier alpha value is -3.14. The third kappa shape index (κ3) is 5.13. The van der Waals surface area contributed by atoms with Gasteiger partial charge in [0, 0.05) is 30.4 Å². The molecule has 0 unspecified atom stereocenters. The summed E-state index contributed by atoms with van der Waals surface area (Å²) in [6, 6.07) is 12.3. The molecule has 1 amide bonds. The highest BCUT2D eigenvalue weighted by molar-refractivity contribution is 6.07. The van der Waals surface area contributed by atoms with Crippen molar-refractivity contribution in [3.8, 4) is 11.1 Å². The number of rotatable bonds is 7. The van der Waals surface area contributed by atoms with E-state index >= 15 is 0 Å². The van der Waals surface area contributed by atoms with Crippen molar-refractivity contribution in [2.45, 2.75) is 47.0 Å². The summed E-state index contributed by atoms with van der Waals surface area (Å²) in [5.74, 6) is -0.140. The summed E-state index contributed by atoms with van der Waals surface area (Å²) in [5.41, 5.74) is 8.64. The van der Waals surface area contributed by atoms with Crippen molar-refractivity contribution in [2.75, 3.05) is 18.9 Å². The first-order valence-electron chi connectivity index (χ1n) is 10.9. The van der Waals surface area contributed by atoms with Crippen LogP contribution in [0.3, 0.4) is 0 Å². The van der Waals surface area contributed by atoms with E-state index in [0.717, 1.165) is 58.4 Å². The van der Waals surface area contributed by atoms with Crippen molar-refractivity contribution in [2.24, 2.45) is 0 Å². The number of allylic oxidation sites excluding steroid dienone is 3. The zero-order chi connectivity index (χ0) is 22.5. The number of benzene rings is 2. The number of amides is 1. The molecule has 162 valence electrons. The number of anilines is 1. The maximum absolute atomic E-state index is 13.2. The molecule has 4 nitrogen and oxygen atoms in total. The molecule has 0 bridgehead atoms. The Bertz CT molecular complexity index is 1060. The third-order valence-electron chi connectivity index (χ3n) is 5.88. The van der Waals surface area contributed by atoms with Gasteiger partial charge in [-0.15, -0.1) is 0 Å². The predicted molar refractivity (Wildman–Crippen MR) is 129 cm³/mol. The minimum atomic E-state index is -0.162. The molecule has 0 saturated heterocycles. The molecule has 4 heteroatoms. The van der Waals surface area contributed by atoms with Gasteiger partial charge in [-0.2, -0.15) is 0 Å². The summed E-state index contributed by atoms with van der Waals surface area (Å²) in [5, 5.41) is 6.21. The van der Waals surface area contributed by atoms with Crippen molar-refractivity contribution in [1.29, 1.82) is 0 Å². The first-order chi connectivity index (χ1) is 14.8. The van der Waals surface area contributed by atoms with Gasteiger partial charge in [-0.05, 0) is 68.5 Å². The van der Waals surface area contributed by atoms with Gasteiger partial charge in [0.25, 0.3) is 5.91 Å². The highest BCUT2D eigenvalue weighted by Crippen LogP contribution is 2.29. The third-order valence-corrected chi connectivity index (χ3v) is 5.88. The molecule has 0 spiro atoms. The van der Waals surface area contributed by atoms with Crippen LogP contribution in [0.4, 0.5) is 5.69 Å². The molecule has 0 aromatic heterocycles. The van der Waals surface area contributed by atoms with Crippen LogP contribution in [0, 0.1) is 13.8 Å². The summed E-state index contributed by atoms with van der Waals surface area (Å²) in [7, 11) is 1.86. The minimum absolute atomic E-state index is 0.0218. The first kappa shape index (κ1) is 22.5. The van der Waals surface area contributed by atoms with Crippen LogP contribution in [0.15, 0.2) is 59.2 Å². The van der Waals surface area contributed by atoms with Crippen LogP contribution >= 0.6 is 0 Å². The zero-order valence-corrected chi connectivity index (χ0v) is 19.2. The molecule has 2 aromatic rings. The van der Waals surface area contributed by atoms with Crippen molar-refractivity contribution in [3.63, 3.8) is 0 Å². The van der Waals surface area contributed by atoms with Crippen molar-refractivity contribution >= 4 is 17.4 Å². The second kappa shape index (κ2) is 9.78. The molecule has 3 rings (SSSR count). The molecule has 0 fully saturated rings. The predicted octanol–water partition coefficient (Wildman–Crippen LogP) is 5.76. The molecule has 2 N–H and O–H groups in total. The van der Waals surface area contributed by atoms with E-state index in [-0.39, 0.29) is 18.2 Å². The van der Waals surface area contributed by atoms with E-state index in [1.807, 2.05) is 27.0 Å². The average Bonchev–Trinajstić information content (AvgIpc) is 2.74. The van der Waals surface area contributed by atoms with Crippen LogP contribution in [0.1, 0.15) is 54.6 Å². The van der Waals surface area contributed by atoms with E-state index in [1.165, 1.54) is 5.56 Å². The lowest BCUT2D eigenvalue weighted by molar-refractivity contribution is -0.111. The van der Waals surface area contributed by atoms with E-state index in [4.69, 9.17) is 0 Å². The highest BCUT2D eigenvalue weighted by Gasteiger charge is 2.21. The smallest absolute Gasteiger partial charge is 0.251 e. The normalized spacial score (nSPS) is 13.8. The lowest BCUT2D eigenvalue weighted by Crippen LogP contribution is -2.30. The van der Waals surface area contributed by atoms with E-state index < -0.39 is 0 Å². The van der Waals surface area contributed by atoms with Gasteiger partial charge in [0.1, 0.15) is 0 Å². The van der Waals surface area contributed by atoms with Crippen LogP contribution in [-0.4, -0.2) is 25.3 Å². The molecular formula is C27H32N2O2. The Morgan fingerprint density at radius 3 is 2.39 bits per heavy atom. The SMILES string of the molecule is CCCC1=C(CNC(=O)c2cc(-c3ccc(C)cc3)cc(NC)c2C)C(=O)C=C(C)C1. The molecule has 0 radical (unpaired) electrons. The van der Waals surface area contributed by atoms with Crippen molar-refractivity contribution in [3.05, 3.63) is 75.9 Å². The Balaban J connectivity index is 1.89. The number of hydrogen-bond donors (Lipinski definition) is 2. The second-order valence-electron chi connectivity index (χ2n) is 8.36. The van der Waals surface area contributed by atoms with Crippen LogP contribution < -0.4 is 10.6 Å². The van der Waals surface area contributed by atoms with Gasteiger partial charge in [0.15, 0.2) is 5.78 Å². The van der Waals surface area contributed by atoms with Gasteiger partial charge in [0.05, 0.1) is 0 Å². The fraction of sp³-hybridized carbons (Fsp3) is 0.333. The number of hydrogen-bond acceptors (Lipinski definition) is 3. The average molecular weight is 417 g/mol. The van der Waals surface area contributed by atoms with Crippen molar-refractivity contribution < 1.29 is 9.59 Å². The summed E-state index contributed by atoms with van der Waals surface area (Å²) in [6.45, 7) is 8.36. The zero-order valence-electron chi connectivity index (χ0n) is 19.2. The molecule has 1 aliphatic rings. The maximum atomic E-state index is 13.2. The van der Waals surface area contributed by atoms with Gasteiger partial charge < -0.3 is 10.6 Å². The van der Waals surface area contributed by atoms with Gasteiger partial charge in [-0.3, -0.25) is 9.59 Å². The van der Waals surface area contributed by atoms with Gasteiger partial charge in [0.2, 0.25) is 0 Å². The standard InChI is InChI=1S/C27H32N2O2/c1-6-7-21-12-18(3)13-26(30)24(21)16-29-27(31)23-14-22(15-25(28-5)19(23)4)20-10-8-17(2)9-11-20/h8-11,13-15,28H,6-7,12,16H2,1-5H3,(H,29,31). The number of carbonyl (C=O) groups is 2. The molecule has 0 aliphatic heterocycles. The minimum Gasteiger partial charge on any atom is -0.388 e. The monoisotopic (exact) mass is 416 g/mol. The second-order valence-corrected chi connectivity index (χ2v) is 8.36. The van der Waals surface area contributed by atoms with E-state index in [1.54, 1.807) is 6.08 Å².